The van der Waals surface area contributed by atoms with Crippen LogP contribution in [0, 0.1) is 5.41 Å². The molecule has 1 aromatic heterocycles. The molecule has 206 valence electrons. The van der Waals surface area contributed by atoms with Crippen molar-refractivity contribution in [2.45, 2.75) is 90.4 Å². The van der Waals surface area contributed by atoms with E-state index >= 15 is 0 Å². The number of aliphatic imine (C=N–C) groups is 1. The predicted molar refractivity (Wildman–Crippen MR) is 158 cm³/mol. The molecule has 0 saturated heterocycles. The average molecular weight is 535 g/mol. The van der Waals surface area contributed by atoms with Crippen molar-refractivity contribution in [3.05, 3.63) is 93.9 Å². The molecule has 3 aromatic rings. The van der Waals surface area contributed by atoms with Crippen molar-refractivity contribution in [1.29, 1.82) is 0 Å². The topological polar surface area (TPSA) is 72.5 Å². The third kappa shape index (κ3) is 5.65. The molecule has 2 heterocycles. The van der Waals surface area contributed by atoms with E-state index in [-0.39, 0.29) is 29.0 Å². The fourth-order valence-corrected chi connectivity index (χ4v) is 6.22. The van der Waals surface area contributed by atoms with Crippen LogP contribution in [0.2, 0.25) is 0 Å². The first-order valence-corrected chi connectivity index (χ1v) is 14.5. The van der Waals surface area contributed by atoms with E-state index in [9.17, 15) is 9.59 Å². The van der Waals surface area contributed by atoms with Crippen LogP contribution in [0.3, 0.4) is 0 Å². The van der Waals surface area contributed by atoms with Crippen molar-refractivity contribution in [3.63, 3.8) is 0 Å². The maximum Gasteiger partial charge on any atom is 0.143 e. The highest BCUT2D eigenvalue weighted by molar-refractivity contribution is 6.05. The second-order valence-electron chi connectivity index (χ2n) is 13.2. The van der Waals surface area contributed by atoms with Gasteiger partial charge in [0.25, 0.3) is 0 Å². The minimum absolute atomic E-state index is 0.122. The smallest absolute Gasteiger partial charge is 0.143 e. The third-order valence-corrected chi connectivity index (χ3v) is 8.71. The number of allylic oxidation sites excluding steroid dienone is 1. The molecule has 5 heteroatoms. The summed E-state index contributed by atoms with van der Waals surface area (Å²) in [5.41, 5.74) is 9.30. The van der Waals surface area contributed by atoms with Gasteiger partial charge in [-0.15, -0.1) is 0 Å². The summed E-state index contributed by atoms with van der Waals surface area (Å²) in [6, 6.07) is 17.0. The Morgan fingerprint density at radius 1 is 1.00 bits per heavy atom. The lowest BCUT2D eigenvalue weighted by Gasteiger charge is -2.14. The Hall–Kier alpha value is -3.60. The molecule has 1 saturated carbocycles. The summed E-state index contributed by atoms with van der Waals surface area (Å²) in [6.07, 6.45) is 9.13. The number of Topliss-reactive ketones (excluding diaryl/α,β-unsaturated/α-hetero) is 2. The molecule has 1 unspecified atom stereocenters. The van der Waals surface area contributed by atoms with Crippen LogP contribution in [0.15, 0.2) is 64.1 Å². The van der Waals surface area contributed by atoms with Gasteiger partial charge in [0.15, 0.2) is 0 Å². The zero-order valence-electron chi connectivity index (χ0n) is 24.0. The number of rotatable bonds is 10. The number of ketones is 2. The van der Waals surface area contributed by atoms with Gasteiger partial charge in [-0.1, -0.05) is 68.4 Å². The van der Waals surface area contributed by atoms with Gasteiger partial charge < -0.3 is 9.32 Å². The number of nitrogens with zero attached hydrogens (tertiary/aromatic N) is 2. The van der Waals surface area contributed by atoms with E-state index in [1.807, 2.05) is 18.2 Å². The second-order valence-corrected chi connectivity index (χ2v) is 13.2. The Labute approximate surface area is 236 Å². The monoisotopic (exact) mass is 534 g/mol. The van der Waals surface area contributed by atoms with Crippen molar-refractivity contribution in [2.75, 3.05) is 0 Å². The summed E-state index contributed by atoms with van der Waals surface area (Å²) in [5, 5.41) is 4.08. The van der Waals surface area contributed by atoms with E-state index in [2.05, 4.69) is 62.3 Å². The molecule has 0 spiro atoms. The highest BCUT2D eigenvalue weighted by atomic mass is 16.5. The van der Waals surface area contributed by atoms with Crippen LogP contribution in [0.1, 0.15) is 98.6 Å². The van der Waals surface area contributed by atoms with Crippen LogP contribution in [-0.4, -0.2) is 22.4 Å². The number of benzene rings is 2. The van der Waals surface area contributed by atoms with Crippen LogP contribution < -0.4 is 0 Å². The summed E-state index contributed by atoms with van der Waals surface area (Å²) < 4.78 is 5.42. The summed E-state index contributed by atoms with van der Waals surface area (Å²) >= 11 is 0. The largest absolute Gasteiger partial charge is 0.361 e. The van der Waals surface area contributed by atoms with E-state index in [0.717, 1.165) is 48.3 Å². The Balaban J connectivity index is 1.06. The Kier molecular flexibility index (Phi) is 6.72. The van der Waals surface area contributed by atoms with E-state index in [4.69, 9.17) is 9.52 Å². The molecule has 0 bridgehead atoms. The van der Waals surface area contributed by atoms with Crippen LogP contribution >= 0.6 is 0 Å². The molecule has 0 radical (unpaired) electrons. The van der Waals surface area contributed by atoms with Gasteiger partial charge >= 0.3 is 0 Å². The van der Waals surface area contributed by atoms with Crippen molar-refractivity contribution in [3.8, 4) is 0 Å². The second kappa shape index (κ2) is 10.1. The summed E-state index contributed by atoms with van der Waals surface area (Å²) in [5.74, 6) is 1.50. The fourth-order valence-electron chi connectivity index (χ4n) is 6.22. The third-order valence-electron chi connectivity index (χ3n) is 8.71. The molecule has 0 N–H and O–H groups in total. The minimum atomic E-state index is -0.122. The summed E-state index contributed by atoms with van der Waals surface area (Å²) in [6.45, 7) is 7.92. The first-order chi connectivity index (χ1) is 19.1. The zero-order valence-corrected chi connectivity index (χ0v) is 24.0. The van der Waals surface area contributed by atoms with E-state index in [0.29, 0.717) is 17.9 Å². The molecule has 0 amide bonds. The molecule has 2 aliphatic carbocycles. The van der Waals surface area contributed by atoms with Gasteiger partial charge in [0.2, 0.25) is 0 Å². The molecule has 40 heavy (non-hydrogen) atoms. The van der Waals surface area contributed by atoms with Gasteiger partial charge in [-0.2, -0.15) is 0 Å². The average Bonchev–Trinajstić information content (AvgIpc) is 3.20. The van der Waals surface area contributed by atoms with Gasteiger partial charge in [0, 0.05) is 42.4 Å². The first-order valence-electron chi connectivity index (χ1n) is 14.5. The zero-order chi connectivity index (χ0) is 28.1. The summed E-state index contributed by atoms with van der Waals surface area (Å²) in [7, 11) is 0. The van der Waals surface area contributed by atoms with Gasteiger partial charge in [0.1, 0.15) is 17.3 Å². The van der Waals surface area contributed by atoms with Gasteiger partial charge in [-0.3, -0.25) is 9.79 Å². The SMILES string of the molecule is CC(=O)CC1(CCc2ccc3c(c2)CC2=NC(c4ccc(CC(=O)Cc5cc(C(C)(C)C)on5)cc4)=CC23)CC1. The fraction of sp³-hybridized carbons (Fsp3) is 0.429. The molecule has 1 aliphatic heterocycles. The maximum absolute atomic E-state index is 12.7. The molecule has 1 fully saturated rings. The molecule has 5 nitrogen and oxygen atoms in total. The highest BCUT2D eigenvalue weighted by Crippen LogP contribution is 2.52. The predicted octanol–water partition coefficient (Wildman–Crippen LogP) is 7.15. The normalized spacial score (nSPS) is 18.6. The minimum Gasteiger partial charge on any atom is -0.361 e. The number of carbonyl (C=O) groups is 2. The van der Waals surface area contributed by atoms with Gasteiger partial charge in [-0.25, -0.2) is 0 Å². The van der Waals surface area contributed by atoms with Crippen molar-refractivity contribution >= 4 is 23.0 Å². The Morgan fingerprint density at radius 3 is 2.42 bits per heavy atom. The summed E-state index contributed by atoms with van der Waals surface area (Å²) in [4.78, 5) is 29.3. The molecular weight excluding hydrogens is 496 g/mol. The number of hydrogen-bond donors (Lipinski definition) is 0. The van der Waals surface area contributed by atoms with E-state index in [1.165, 1.54) is 35.2 Å². The molecular formula is C35H38N2O3. The van der Waals surface area contributed by atoms with Crippen molar-refractivity contribution in [1.82, 2.24) is 5.16 Å². The van der Waals surface area contributed by atoms with Gasteiger partial charge in [0.05, 0.1) is 17.8 Å². The lowest BCUT2D eigenvalue weighted by molar-refractivity contribution is -0.118. The van der Waals surface area contributed by atoms with Gasteiger partial charge in [-0.05, 0) is 71.9 Å². The number of carbonyl (C=O) groups excluding carboxylic acids is 2. The Bertz CT molecular complexity index is 1530. The molecule has 1 atom stereocenters. The van der Waals surface area contributed by atoms with Crippen LogP contribution in [-0.2, 0) is 40.7 Å². The molecule has 2 aromatic carbocycles. The lowest BCUT2D eigenvalue weighted by Crippen LogP contribution is -2.09. The van der Waals surface area contributed by atoms with Crippen LogP contribution in [0.4, 0.5) is 0 Å². The lowest BCUT2D eigenvalue weighted by atomic mass is 9.91. The standard InChI is InChI=1S/C35H38N2O3/c1-22(38)21-35(13-14-35)12-11-24-7-10-29-26(15-24)17-32-30(29)20-31(36-32)25-8-5-23(6-9-25)16-28(39)18-27-19-33(40-37-27)34(2,3)4/h5-10,15,19-20,30H,11-14,16-18,21H2,1-4H3. The molecule has 3 aliphatic rings. The number of fused-ring (bicyclic) bond motifs is 3. The maximum atomic E-state index is 12.7. The van der Waals surface area contributed by atoms with Crippen molar-refractivity contribution in [2.24, 2.45) is 10.4 Å². The van der Waals surface area contributed by atoms with Crippen LogP contribution in [0.25, 0.3) is 5.70 Å². The van der Waals surface area contributed by atoms with Crippen LogP contribution in [0.5, 0.6) is 0 Å². The van der Waals surface area contributed by atoms with E-state index in [1.54, 1.807) is 6.92 Å². The van der Waals surface area contributed by atoms with E-state index < -0.39 is 0 Å². The number of aryl methyl sites for hydroxylation is 1. The first kappa shape index (κ1) is 26.6. The van der Waals surface area contributed by atoms with Crippen molar-refractivity contribution < 1.29 is 14.1 Å². The molecule has 6 rings (SSSR count). The Morgan fingerprint density at radius 2 is 1.75 bits per heavy atom. The number of hydrogen-bond acceptors (Lipinski definition) is 5. The highest BCUT2D eigenvalue weighted by Gasteiger charge is 2.42. The quantitative estimate of drug-likeness (QED) is 0.277. The number of aromatic nitrogens is 1.